The molecule has 0 N–H and O–H groups in total. The van der Waals surface area contributed by atoms with E-state index >= 15 is 0 Å². The van der Waals surface area contributed by atoms with Gasteiger partial charge in [0.25, 0.3) is 5.69 Å². The molecule has 0 bridgehead atoms. The summed E-state index contributed by atoms with van der Waals surface area (Å²) in [5, 5.41) is 23.9. The Kier molecular flexibility index (Phi) is 3.78. The van der Waals surface area contributed by atoms with Crippen LogP contribution in [0, 0.1) is 21.4 Å². The van der Waals surface area contributed by atoms with Crippen LogP contribution in [0.5, 0.6) is 0 Å². The van der Waals surface area contributed by atoms with Gasteiger partial charge in [-0.2, -0.15) is 16.6 Å². The van der Waals surface area contributed by atoms with Gasteiger partial charge in [0.1, 0.15) is 5.69 Å². The van der Waals surface area contributed by atoms with Crippen molar-refractivity contribution >= 4 is 22.7 Å². The van der Waals surface area contributed by atoms with Crippen LogP contribution < -0.4 is 4.90 Å². The number of rotatable bonds is 4. The third-order valence-electron chi connectivity index (χ3n) is 2.71. The highest BCUT2D eigenvalue weighted by atomic mass is 32.1. The summed E-state index contributed by atoms with van der Waals surface area (Å²) in [6.45, 7) is 0.569. The van der Waals surface area contributed by atoms with Crippen molar-refractivity contribution in [2.24, 2.45) is 0 Å². The van der Waals surface area contributed by atoms with Crippen molar-refractivity contribution in [2.75, 3.05) is 11.9 Å². The highest BCUT2D eigenvalue weighted by Gasteiger charge is 2.18. The summed E-state index contributed by atoms with van der Waals surface area (Å²) < 4.78 is 0. The Balaban J connectivity index is 2.36. The van der Waals surface area contributed by atoms with Gasteiger partial charge in [-0.1, -0.05) is 0 Å². The summed E-state index contributed by atoms with van der Waals surface area (Å²) >= 11 is 1.58. The molecule has 1 aromatic carbocycles. The lowest BCUT2D eigenvalue weighted by atomic mass is 10.1. The van der Waals surface area contributed by atoms with E-state index in [2.05, 4.69) is 0 Å². The molecular formula is C13H11N3O2S. The van der Waals surface area contributed by atoms with Gasteiger partial charge < -0.3 is 4.90 Å². The number of benzene rings is 1. The van der Waals surface area contributed by atoms with E-state index in [-0.39, 0.29) is 5.69 Å². The first-order chi connectivity index (χ1) is 9.11. The van der Waals surface area contributed by atoms with Crippen molar-refractivity contribution in [3.63, 3.8) is 0 Å². The van der Waals surface area contributed by atoms with Gasteiger partial charge in [0.15, 0.2) is 0 Å². The topological polar surface area (TPSA) is 70.2 Å². The second kappa shape index (κ2) is 5.50. The fourth-order valence-corrected chi connectivity index (χ4v) is 2.45. The number of nitro groups is 1. The predicted octanol–water partition coefficient (Wildman–Crippen LogP) is 3.16. The molecule has 2 rings (SSSR count). The Morgan fingerprint density at radius 2 is 2.26 bits per heavy atom. The Bertz CT molecular complexity index is 632. The Hall–Kier alpha value is -2.39. The summed E-state index contributed by atoms with van der Waals surface area (Å²) in [6.07, 6.45) is 0. The molecule has 0 aliphatic carbocycles. The molecule has 0 atom stereocenters. The molecule has 0 amide bonds. The molecule has 0 radical (unpaired) electrons. The van der Waals surface area contributed by atoms with Gasteiger partial charge in [0.2, 0.25) is 0 Å². The lowest BCUT2D eigenvalue weighted by Gasteiger charge is -2.18. The van der Waals surface area contributed by atoms with Crippen LogP contribution in [0.1, 0.15) is 11.1 Å². The summed E-state index contributed by atoms with van der Waals surface area (Å²) in [5.74, 6) is 0. The zero-order chi connectivity index (χ0) is 13.8. The molecule has 0 saturated heterocycles. The monoisotopic (exact) mass is 273 g/mol. The fraction of sp³-hybridized carbons (Fsp3) is 0.154. The molecule has 5 nitrogen and oxygen atoms in total. The van der Waals surface area contributed by atoms with Crippen LogP contribution in [0.15, 0.2) is 35.0 Å². The highest BCUT2D eigenvalue weighted by molar-refractivity contribution is 7.07. The van der Waals surface area contributed by atoms with Gasteiger partial charge in [-0.05, 0) is 34.5 Å². The third-order valence-corrected chi connectivity index (χ3v) is 3.44. The van der Waals surface area contributed by atoms with Crippen LogP contribution in [0.2, 0.25) is 0 Å². The van der Waals surface area contributed by atoms with E-state index in [1.807, 2.05) is 22.9 Å². The summed E-state index contributed by atoms with van der Waals surface area (Å²) in [7, 11) is 1.78. The maximum absolute atomic E-state index is 11.0. The SMILES string of the molecule is CN(Cc1ccsc1)c1cc(C#N)ccc1[N+](=O)[O-]. The van der Waals surface area contributed by atoms with E-state index in [0.29, 0.717) is 17.8 Å². The number of hydrogen-bond acceptors (Lipinski definition) is 5. The minimum Gasteiger partial charge on any atom is -0.365 e. The quantitative estimate of drug-likeness (QED) is 0.633. The van der Waals surface area contributed by atoms with E-state index in [1.165, 1.54) is 12.1 Å². The zero-order valence-electron chi connectivity index (χ0n) is 10.2. The minimum atomic E-state index is -0.430. The maximum atomic E-state index is 11.0. The van der Waals surface area contributed by atoms with Crippen molar-refractivity contribution in [3.8, 4) is 6.07 Å². The molecule has 0 saturated carbocycles. The molecular weight excluding hydrogens is 262 g/mol. The van der Waals surface area contributed by atoms with Gasteiger partial charge in [0.05, 0.1) is 16.6 Å². The first kappa shape index (κ1) is 13.1. The van der Waals surface area contributed by atoms with Crippen molar-refractivity contribution in [3.05, 3.63) is 56.3 Å². The molecule has 19 heavy (non-hydrogen) atoms. The number of nitro benzene ring substituents is 1. The van der Waals surface area contributed by atoms with E-state index in [4.69, 9.17) is 5.26 Å². The van der Waals surface area contributed by atoms with Crippen molar-refractivity contribution < 1.29 is 4.92 Å². The van der Waals surface area contributed by atoms with E-state index in [9.17, 15) is 10.1 Å². The number of nitrogens with zero attached hydrogens (tertiary/aromatic N) is 3. The van der Waals surface area contributed by atoms with E-state index in [0.717, 1.165) is 5.56 Å². The molecule has 1 aromatic heterocycles. The zero-order valence-corrected chi connectivity index (χ0v) is 11.1. The largest absolute Gasteiger partial charge is 0.365 e. The fourth-order valence-electron chi connectivity index (χ4n) is 1.79. The molecule has 96 valence electrons. The van der Waals surface area contributed by atoms with Crippen molar-refractivity contribution in [1.29, 1.82) is 5.26 Å². The van der Waals surface area contributed by atoms with Crippen LogP contribution in [0.3, 0.4) is 0 Å². The minimum absolute atomic E-state index is 0.0109. The Labute approximate surface area is 114 Å². The normalized spacial score (nSPS) is 9.89. The molecule has 6 heteroatoms. The lowest BCUT2D eigenvalue weighted by molar-refractivity contribution is -0.384. The highest BCUT2D eigenvalue weighted by Crippen LogP contribution is 2.29. The van der Waals surface area contributed by atoms with Crippen LogP contribution in [-0.2, 0) is 6.54 Å². The molecule has 0 aliphatic heterocycles. The molecule has 2 aromatic rings. The van der Waals surface area contributed by atoms with Crippen LogP contribution in [-0.4, -0.2) is 12.0 Å². The van der Waals surface area contributed by atoms with E-state index in [1.54, 1.807) is 29.4 Å². The lowest BCUT2D eigenvalue weighted by Crippen LogP contribution is -2.17. The first-order valence-corrected chi connectivity index (χ1v) is 6.47. The van der Waals surface area contributed by atoms with E-state index < -0.39 is 4.92 Å². The molecule has 0 aliphatic rings. The van der Waals surface area contributed by atoms with Crippen LogP contribution >= 0.6 is 11.3 Å². The Morgan fingerprint density at radius 1 is 1.47 bits per heavy atom. The molecule has 0 fully saturated rings. The smallest absolute Gasteiger partial charge is 0.292 e. The third kappa shape index (κ3) is 2.89. The Morgan fingerprint density at radius 3 is 2.84 bits per heavy atom. The summed E-state index contributed by atoms with van der Waals surface area (Å²) in [5.41, 5.74) is 1.97. The van der Waals surface area contributed by atoms with Crippen molar-refractivity contribution in [2.45, 2.75) is 6.54 Å². The van der Waals surface area contributed by atoms with Gasteiger partial charge in [-0.3, -0.25) is 10.1 Å². The molecule has 0 unspecified atom stereocenters. The predicted molar refractivity (Wildman–Crippen MR) is 74.2 cm³/mol. The number of thiophene rings is 1. The summed E-state index contributed by atoms with van der Waals surface area (Å²) in [4.78, 5) is 12.4. The van der Waals surface area contributed by atoms with Gasteiger partial charge in [0, 0.05) is 19.7 Å². The number of hydrogen-bond donors (Lipinski definition) is 0. The maximum Gasteiger partial charge on any atom is 0.292 e. The van der Waals surface area contributed by atoms with Crippen LogP contribution in [0.4, 0.5) is 11.4 Å². The number of nitriles is 1. The second-order valence-corrected chi connectivity index (χ2v) is 4.84. The standard InChI is InChI=1S/C13H11N3O2S/c1-15(8-11-4-5-19-9-11)13-6-10(7-14)2-3-12(13)16(17)18/h2-6,9H,8H2,1H3. The van der Waals surface area contributed by atoms with Gasteiger partial charge in [-0.25, -0.2) is 0 Å². The second-order valence-electron chi connectivity index (χ2n) is 4.06. The summed E-state index contributed by atoms with van der Waals surface area (Å²) in [6, 6.07) is 8.35. The molecule has 1 heterocycles. The van der Waals surface area contributed by atoms with Gasteiger partial charge >= 0.3 is 0 Å². The first-order valence-electron chi connectivity index (χ1n) is 5.52. The average molecular weight is 273 g/mol. The average Bonchev–Trinajstić information content (AvgIpc) is 2.90. The van der Waals surface area contributed by atoms with Gasteiger partial charge in [-0.15, -0.1) is 0 Å². The number of anilines is 1. The van der Waals surface area contributed by atoms with Crippen LogP contribution in [0.25, 0.3) is 0 Å². The molecule has 0 spiro atoms. The van der Waals surface area contributed by atoms with Crippen molar-refractivity contribution in [1.82, 2.24) is 0 Å².